The van der Waals surface area contributed by atoms with Crippen molar-refractivity contribution < 1.29 is 19.4 Å². The average Bonchev–Trinajstić information content (AvgIpc) is 3.05. The number of ketones is 1. The average molecular weight is 433 g/mol. The highest BCUT2D eigenvalue weighted by atomic mass is 16.5. The number of likely N-dealkylation sites (N-methyl/N-ethyl adjacent to an activating group) is 1. The van der Waals surface area contributed by atoms with Crippen LogP contribution in [0.1, 0.15) is 17.2 Å². The summed E-state index contributed by atoms with van der Waals surface area (Å²) in [6, 6.07) is 15.9. The third kappa shape index (κ3) is 5.34. The molecule has 0 aliphatic carbocycles. The lowest BCUT2D eigenvalue weighted by Crippen LogP contribution is -2.36. The van der Waals surface area contributed by atoms with Gasteiger partial charge in [-0.05, 0) is 43.4 Å². The molecule has 166 valence electrons. The van der Waals surface area contributed by atoms with Gasteiger partial charge in [-0.1, -0.05) is 61.2 Å². The Kier molecular flexibility index (Phi) is 7.63. The summed E-state index contributed by atoms with van der Waals surface area (Å²) in [5.74, 6) is -0.782. The lowest BCUT2D eigenvalue weighted by Gasteiger charge is -2.28. The lowest BCUT2D eigenvalue weighted by atomic mass is 9.95. The van der Waals surface area contributed by atoms with Crippen LogP contribution in [0.25, 0.3) is 6.08 Å². The molecule has 1 atom stereocenters. The van der Waals surface area contributed by atoms with Crippen LogP contribution in [0.5, 0.6) is 5.75 Å². The number of benzene rings is 2. The van der Waals surface area contributed by atoms with Gasteiger partial charge in [0.05, 0.1) is 11.6 Å². The topological polar surface area (TPSA) is 70.1 Å². The fourth-order valence-electron chi connectivity index (χ4n) is 3.52. The van der Waals surface area contributed by atoms with Crippen molar-refractivity contribution in [3.8, 4) is 5.75 Å². The van der Waals surface area contributed by atoms with E-state index < -0.39 is 23.5 Å². The Labute approximate surface area is 188 Å². The number of amides is 1. The number of nitrogens with zero attached hydrogens (tertiary/aromatic N) is 2. The molecule has 0 fully saturated rings. The summed E-state index contributed by atoms with van der Waals surface area (Å²) in [7, 11) is 3.81. The van der Waals surface area contributed by atoms with Crippen molar-refractivity contribution in [2.45, 2.75) is 6.04 Å². The predicted octanol–water partition coefficient (Wildman–Crippen LogP) is 3.79. The number of hydrogen-bond donors (Lipinski definition) is 1. The molecule has 0 spiro atoms. The van der Waals surface area contributed by atoms with Gasteiger partial charge in [0, 0.05) is 13.1 Å². The number of ether oxygens (including phenoxy) is 1. The molecular weight excluding hydrogens is 404 g/mol. The molecule has 2 aromatic rings. The predicted molar refractivity (Wildman–Crippen MR) is 125 cm³/mol. The van der Waals surface area contributed by atoms with Crippen molar-refractivity contribution in [2.24, 2.45) is 0 Å². The fraction of sp³-hybridized carbons (Fsp3) is 0.231. The maximum Gasteiger partial charge on any atom is 0.290 e. The van der Waals surface area contributed by atoms with Crippen LogP contribution in [0.15, 0.2) is 84.7 Å². The van der Waals surface area contributed by atoms with Crippen LogP contribution in [-0.2, 0) is 9.59 Å². The molecule has 0 saturated carbocycles. The van der Waals surface area contributed by atoms with Crippen molar-refractivity contribution >= 4 is 17.8 Å². The second-order valence-corrected chi connectivity index (χ2v) is 7.74. The van der Waals surface area contributed by atoms with Gasteiger partial charge in [-0.3, -0.25) is 9.59 Å². The van der Waals surface area contributed by atoms with Crippen molar-refractivity contribution in [2.75, 3.05) is 33.8 Å². The SMILES string of the molecule is C=CCOc1ccc(C2C(C(=O)C=Cc3ccccc3)=C(O)C(=O)N2CCN(C)C)cc1. The number of hydrogen-bond acceptors (Lipinski definition) is 5. The Hall–Kier alpha value is -3.64. The molecule has 1 heterocycles. The molecule has 1 unspecified atom stereocenters. The van der Waals surface area contributed by atoms with E-state index in [0.717, 1.165) is 11.1 Å². The Morgan fingerprint density at radius 3 is 2.47 bits per heavy atom. The standard InChI is InChI=1S/C26H28N2O4/c1-4-18-32-21-13-11-20(12-14-21)24-23(22(29)15-10-19-8-6-5-7-9-19)25(30)26(31)28(24)17-16-27(2)3/h4-15,24,30H,1,16-18H2,2-3H3. The third-order valence-electron chi connectivity index (χ3n) is 5.15. The third-order valence-corrected chi connectivity index (χ3v) is 5.15. The lowest BCUT2D eigenvalue weighted by molar-refractivity contribution is -0.129. The van der Waals surface area contributed by atoms with Gasteiger partial charge in [-0.15, -0.1) is 0 Å². The molecule has 0 saturated heterocycles. The van der Waals surface area contributed by atoms with Crippen molar-refractivity contribution in [1.82, 2.24) is 9.80 Å². The summed E-state index contributed by atoms with van der Waals surface area (Å²) >= 11 is 0. The van der Waals surface area contributed by atoms with E-state index in [9.17, 15) is 14.7 Å². The number of rotatable bonds is 10. The molecule has 1 aliphatic heterocycles. The van der Waals surface area contributed by atoms with E-state index in [1.54, 1.807) is 29.2 Å². The Morgan fingerprint density at radius 2 is 1.84 bits per heavy atom. The van der Waals surface area contributed by atoms with Gasteiger partial charge in [0.15, 0.2) is 11.5 Å². The van der Waals surface area contributed by atoms with E-state index in [4.69, 9.17) is 4.74 Å². The fourth-order valence-corrected chi connectivity index (χ4v) is 3.52. The quantitative estimate of drug-likeness (QED) is 0.457. The molecule has 6 nitrogen and oxygen atoms in total. The molecule has 0 aromatic heterocycles. The Balaban J connectivity index is 1.94. The highest BCUT2D eigenvalue weighted by Gasteiger charge is 2.42. The van der Waals surface area contributed by atoms with E-state index in [2.05, 4.69) is 6.58 Å². The van der Waals surface area contributed by atoms with Crippen LogP contribution in [-0.4, -0.2) is 60.4 Å². The summed E-state index contributed by atoms with van der Waals surface area (Å²) in [5.41, 5.74) is 1.67. The molecule has 6 heteroatoms. The van der Waals surface area contributed by atoms with Crippen LogP contribution in [0.4, 0.5) is 0 Å². The highest BCUT2D eigenvalue weighted by Crippen LogP contribution is 2.38. The van der Waals surface area contributed by atoms with Gasteiger partial charge in [-0.2, -0.15) is 0 Å². The zero-order chi connectivity index (χ0) is 23.1. The molecule has 0 bridgehead atoms. The maximum absolute atomic E-state index is 13.1. The second-order valence-electron chi connectivity index (χ2n) is 7.74. The van der Waals surface area contributed by atoms with Gasteiger partial charge in [0.25, 0.3) is 5.91 Å². The molecule has 1 aliphatic rings. The molecule has 3 rings (SSSR count). The minimum atomic E-state index is -0.677. The first-order valence-corrected chi connectivity index (χ1v) is 10.4. The van der Waals surface area contributed by atoms with E-state index >= 15 is 0 Å². The molecule has 1 amide bonds. The zero-order valence-electron chi connectivity index (χ0n) is 18.4. The Bertz CT molecular complexity index is 1020. The molecule has 32 heavy (non-hydrogen) atoms. The smallest absolute Gasteiger partial charge is 0.290 e. The van der Waals surface area contributed by atoms with E-state index in [0.29, 0.717) is 25.4 Å². The zero-order valence-corrected chi connectivity index (χ0v) is 18.4. The molecule has 2 aromatic carbocycles. The number of carbonyl (C=O) groups excluding carboxylic acids is 2. The summed E-state index contributed by atoms with van der Waals surface area (Å²) in [6.07, 6.45) is 4.74. The van der Waals surface area contributed by atoms with Gasteiger partial charge in [0.2, 0.25) is 0 Å². The Morgan fingerprint density at radius 1 is 1.16 bits per heavy atom. The van der Waals surface area contributed by atoms with E-state index in [1.807, 2.05) is 61.5 Å². The monoisotopic (exact) mass is 432 g/mol. The van der Waals surface area contributed by atoms with Gasteiger partial charge in [0.1, 0.15) is 12.4 Å². The minimum absolute atomic E-state index is 0.0840. The summed E-state index contributed by atoms with van der Waals surface area (Å²) < 4.78 is 5.54. The van der Waals surface area contributed by atoms with Crippen molar-refractivity contribution in [1.29, 1.82) is 0 Å². The maximum atomic E-state index is 13.1. The van der Waals surface area contributed by atoms with Gasteiger partial charge >= 0.3 is 0 Å². The van der Waals surface area contributed by atoms with Crippen LogP contribution in [0.2, 0.25) is 0 Å². The van der Waals surface area contributed by atoms with Crippen molar-refractivity contribution in [3.63, 3.8) is 0 Å². The minimum Gasteiger partial charge on any atom is -0.503 e. The first-order valence-electron chi connectivity index (χ1n) is 10.4. The molecule has 1 N–H and O–H groups in total. The highest BCUT2D eigenvalue weighted by molar-refractivity contribution is 6.14. The summed E-state index contributed by atoms with van der Waals surface area (Å²) in [5, 5.41) is 10.6. The van der Waals surface area contributed by atoms with Gasteiger partial charge in [-0.25, -0.2) is 0 Å². The molecule has 0 radical (unpaired) electrons. The van der Waals surface area contributed by atoms with E-state index in [1.165, 1.54) is 6.08 Å². The number of aliphatic hydroxyl groups excluding tert-OH is 1. The van der Waals surface area contributed by atoms with Crippen LogP contribution < -0.4 is 4.74 Å². The normalized spacial score (nSPS) is 16.3. The first-order chi connectivity index (χ1) is 15.4. The van der Waals surface area contributed by atoms with Crippen molar-refractivity contribution in [3.05, 3.63) is 95.8 Å². The second kappa shape index (κ2) is 10.6. The van der Waals surface area contributed by atoms with E-state index in [-0.39, 0.29) is 5.57 Å². The van der Waals surface area contributed by atoms with Crippen LogP contribution in [0, 0.1) is 0 Å². The van der Waals surface area contributed by atoms with Crippen LogP contribution in [0.3, 0.4) is 0 Å². The van der Waals surface area contributed by atoms with Crippen LogP contribution >= 0.6 is 0 Å². The van der Waals surface area contributed by atoms with Gasteiger partial charge < -0.3 is 19.6 Å². The molecular formula is C26H28N2O4. The largest absolute Gasteiger partial charge is 0.503 e. The number of carbonyl (C=O) groups is 2. The number of aliphatic hydroxyl groups is 1. The number of allylic oxidation sites excluding steroid dienone is 1. The first kappa shape index (κ1) is 23.0. The summed E-state index contributed by atoms with van der Waals surface area (Å²) in [6.45, 7) is 4.98. The summed E-state index contributed by atoms with van der Waals surface area (Å²) in [4.78, 5) is 29.5.